The molecule has 0 fully saturated rings. The molecule has 0 heterocycles. The molecule has 5 nitrogen and oxygen atoms in total. The Hall–Kier alpha value is -2.55. The van der Waals surface area contributed by atoms with Gasteiger partial charge in [0.15, 0.2) is 0 Å². The lowest BCUT2D eigenvalue weighted by atomic mass is 10.1. The van der Waals surface area contributed by atoms with Gasteiger partial charge in [-0.25, -0.2) is 0 Å². The standard InChI is InChI=1S/C20H22F3NO4S/c1-14(2)12-24(15(3)25)13-16-7-4-5-10-19(16)28-29(26,27)18-9-6-8-17(11-18)20(21,22)23/h4-11,14H,12-13H2,1-3H3. The molecule has 0 N–H and O–H groups in total. The second-order valence-corrected chi connectivity index (χ2v) is 8.51. The van der Waals surface area contributed by atoms with Gasteiger partial charge >= 0.3 is 16.3 Å². The first kappa shape index (κ1) is 22.7. The monoisotopic (exact) mass is 429 g/mol. The summed E-state index contributed by atoms with van der Waals surface area (Å²) < 4.78 is 69.0. The van der Waals surface area contributed by atoms with Crippen LogP contribution in [0.3, 0.4) is 0 Å². The topological polar surface area (TPSA) is 63.7 Å². The normalized spacial score (nSPS) is 12.1. The van der Waals surface area contributed by atoms with Crippen LogP contribution in [-0.2, 0) is 27.6 Å². The zero-order valence-corrected chi connectivity index (χ0v) is 17.0. The molecule has 2 aromatic rings. The molecule has 29 heavy (non-hydrogen) atoms. The van der Waals surface area contributed by atoms with E-state index in [-0.39, 0.29) is 24.1 Å². The third-order valence-corrected chi connectivity index (χ3v) is 5.24. The third-order valence-electron chi connectivity index (χ3n) is 4.01. The summed E-state index contributed by atoms with van der Waals surface area (Å²) in [5.74, 6) is -0.0324. The van der Waals surface area contributed by atoms with Gasteiger partial charge in [-0.05, 0) is 30.2 Å². The van der Waals surface area contributed by atoms with Crippen molar-refractivity contribution in [3.63, 3.8) is 0 Å². The van der Waals surface area contributed by atoms with Crippen molar-refractivity contribution in [1.82, 2.24) is 4.90 Å². The van der Waals surface area contributed by atoms with Crippen molar-refractivity contribution in [1.29, 1.82) is 0 Å². The highest BCUT2D eigenvalue weighted by Crippen LogP contribution is 2.31. The molecule has 0 saturated heterocycles. The van der Waals surface area contributed by atoms with Crippen LogP contribution in [-0.4, -0.2) is 25.8 Å². The van der Waals surface area contributed by atoms with Gasteiger partial charge in [-0.2, -0.15) is 21.6 Å². The van der Waals surface area contributed by atoms with Gasteiger partial charge in [0.2, 0.25) is 5.91 Å². The fraction of sp³-hybridized carbons (Fsp3) is 0.350. The molecular formula is C20H22F3NO4S. The highest BCUT2D eigenvalue weighted by atomic mass is 32.2. The number of alkyl halides is 3. The van der Waals surface area contributed by atoms with Crippen molar-refractivity contribution in [2.45, 2.75) is 38.4 Å². The highest BCUT2D eigenvalue weighted by molar-refractivity contribution is 7.87. The van der Waals surface area contributed by atoms with Crippen LogP contribution >= 0.6 is 0 Å². The number of halogens is 3. The number of para-hydroxylation sites is 1. The molecule has 158 valence electrons. The Kier molecular flexibility index (Phi) is 6.94. The SMILES string of the molecule is CC(=O)N(Cc1ccccc1OS(=O)(=O)c1cccc(C(F)(F)F)c1)CC(C)C. The molecule has 1 amide bonds. The van der Waals surface area contributed by atoms with Crippen molar-refractivity contribution in [3.05, 3.63) is 59.7 Å². The van der Waals surface area contributed by atoms with E-state index in [2.05, 4.69) is 0 Å². The molecule has 2 aromatic carbocycles. The Morgan fingerprint density at radius 3 is 2.34 bits per heavy atom. The lowest BCUT2D eigenvalue weighted by Crippen LogP contribution is -2.32. The van der Waals surface area contributed by atoms with Crippen LogP contribution in [0.2, 0.25) is 0 Å². The maximum Gasteiger partial charge on any atom is 0.416 e. The first-order chi connectivity index (χ1) is 13.4. The van der Waals surface area contributed by atoms with Crippen molar-refractivity contribution in [2.75, 3.05) is 6.54 Å². The van der Waals surface area contributed by atoms with E-state index in [1.54, 1.807) is 23.1 Å². The highest BCUT2D eigenvalue weighted by Gasteiger charge is 2.32. The Bertz CT molecular complexity index is 972. The quantitative estimate of drug-likeness (QED) is 0.609. The van der Waals surface area contributed by atoms with Crippen molar-refractivity contribution in [3.8, 4) is 5.75 Å². The van der Waals surface area contributed by atoms with E-state index in [0.29, 0.717) is 18.2 Å². The van der Waals surface area contributed by atoms with Crippen LogP contribution in [0.4, 0.5) is 13.2 Å². The lowest BCUT2D eigenvalue weighted by Gasteiger charge is -2.24. The van der Waals surface area contributed by atoms with E-state index < -0.39 is 26.8 Å². The first-order valence-corrected chi connectivity index (χ1v) is 10.3. The number of carbonyl (C=O) groups excluding carboxylic acids is 1. The Morgan fingerprint density at radius 2 is 1.76 bits per heavy atom. The van der Waals surface area contributed by atoms with E-state index in [1.807, 2.05) is 13.8 Å². The summed E-state index contributed by atoms with van der Waals surface area (Å²) >= 11 is 0. The van der Waals surface area contributed by atoms with Crippen LogP contribution in [0.5, 0.6) is 5.75 Å². The number of carbonyl (C=O) groups is 1. The maximum atomic E-state index is 12.9. The number of amides is 1. The van der Waals surface area contributed by atoms with Crippen molar-refractivity contribution >= 4 is 16.0 Å². The molecular weight excluding hydrogens is 407 g/mol. The average Bonchev–Trinajstić information content (AvgIpc) is 2.61. The molecule has 0 aliphatic carbocycles. The smallest absolute Gasteiger partial charge is 0.379 e. The second-order valence-electron chi connectivity index (χ2n) is 6.96. The van der Waals surface area contributed by atoms with E-state index in [4.69, 9.17) is 4.18 Å². The minimum atomic E-state index is -4.68. The zero-order chi connectivity index (χ0) is 21.8. The molecule has 0 saturated carbocycles. The number of nitrogens with zero attached hydrogens (tertiary/aromatic N) is 1. The molecule has 0 radical (unpaired) electrons. The molecule has 2 rings (SSSR count). The zero-order valence-electron chi connectivity index (χ0n) is 16.2. The minimum absolute atomic E-state index is 0.0417. The van der Waals surface area contributed by atoms with E-state index in [9.17, 15) is 26.4 Å². The molecule has 0 spiro atoms. The Balaban J connectivity index is 2.34. The predicted molar refractivity (Wildman–Crippen MR) is 102 cm³/mol. The molecule has 9 heteroatoms. The maximum absolute atomic E-state index is 12.9. The lowest BCUT2D eigenvalue weighted by molar-refractivity contribution is -0.137. The summed E-state index contributed by atoms with van der Waals surface area (Å²) in [7, 11) is -4.50. The summed E-state index contributed by atoms with van der Waals surface area (Å²) in [6.07, 6.45) is -4.68. The fourth-order valence-corrected chi connectivity index (χ4v) is 3.67. The van der Waals surface area contributed by atoms with Gasteiger partial charge in [-0.15, -0.1) is 0 Å². The molecule has 0 unspecified atom stereocenters. The largest absolute Gasteiger partial charge is 0.416 e. The average molecular weight is 429 g/mol. The van der Waals surface area contributed by atoms with Gasteiger partial charge in [0, 0.05) is 25.6 Å². The molecule has 0 aliphatic heterocycles. The first-order valence-electron chi connectivity index (χ1n) is 8.85. The van der Waals surface area contributed by atoms with Gasteiger partial charge in [-0.3, -0.25) is 4.79 Å². The predicted octanol–water partition coefficient (Wildman–Crippen LogP) is 4.48. The van der Waals surface area contributed by atoms with Crippen LogP contribution in [0.1, 0.15) is 31.9 Å². The van der Waals surface area contributed by atoms with Gasteiger partial charge in [0.05, 0.1) is 5.56 Å². The number of benzene rings is 2. The minimum Gasteiger partial charge on any atom is -0.379 e. The van der Waals surface area contributed by atoms with Gasteiger partial charge in [-0.1, -0.05) is 38.1 Å². The number of rotatable bonds is 7. The molecule has 0 atom stereocenters. The molecule has 0 aromatic heterocycles. The number of hydrogen-bond donors (Lipinski definition) is 0. The van der Waals surface area contributed by atoms with Crippen LogP contribution in [0.15, 0.2) is 53.4 Å². The van der Waals surface area contributed by atoms with Crippen molar-refractivity contribution < 1.29 is 30.6 Å². The van der Waals surface area contributed by atoms with Gasteiger partial charge in [0.1, 0.15) is 10.6 Å². The summed E-state index contributed by atoms with van der Waals surface area (Å²) in [5.41, 5.74) is -0.658. The van der Waals surface area contributed by atoms with Gasteiger partial charge < -0.3 is 9.08 Å². The summed E-state index contributed by atoms with van der Waals surface area (Å²) in [6.45, 7) is 5.87. The number of hydrogen-bond acceptors (Lipinski definition) is 4. The summed E-state index contributed by atoms with van der Waals surface area (Å²) in [5, 5.41) is 0. The van der Waals surface area contributed by atoms with Crippen LogP contribution in [0, 0.1) is 5.92 Å². The van der Waals surface area contributed by atoms with E-state index in [1.165, 1.54) is 13.0 Å². The van der Waals surface area contributed by atoms with E-state index >= 15 is 0 Å². The molecule has 0 aliphatic rings. The third kappa shape index (κ3) is 6.22. The Morgan fingerprint density at radius 1 is 1.10 bits per heavy atom. The van der Waals surface area contributed by atoms with Crippen molar-refractivity contribution in [2.24, 2.45) is 5.92 Å². The van der Waals surface area contributed by atoms with Crippen LogP contribution in [0.25, 0.3) is 0 Å². The van der Waals surface area contributed by atoms with E-state index in [0.717, 1.165) is 18.2 Å². The Labute approximate surface area is 168 Å². The molecule has 0 bridgehead atoms. The summed E-state index contributed by atoms with van der Waals surface area (Å²) in [6, 6.07) is 9.55. The van der Waals surface area contributed by atoms with Gasteiger partial charge in [0.25, 0.3) is 0 Å². The summed E-state index contributed by atoms with van der Waals surface area (Å²) in [4.78, 5) is 12.8. The second kappa shape index (κ2) is 8.86. The fourth-order valence-electron chi connectivity index (χ4n) is 2.66. The van der Waals surface area contributed by atoms with Crippen LogP contribution < -0.4 is 4.18 Å².